The number of ether oxygens (including phenoxy) is 1. The van der Waals surface area contributed by atoms with Gasteiger partial charge in [-0.25, -0.2) is 9.98 Å². The molecule has 1 aliphatic rings. The average Bonchev–Trinajstić information content (AvgIpc) is 2.94. The van der Waals surface area contributed by atoms with Gasteiger partial charge in [0.15, 0.2) is 5.17 Å². The van der Waals surface area contributed by atoms with Crippen LogP contribution >= 0.6 is 11.8 Å². The molecule has 0 saturated carbocycles. The zero-order chi connectivity index (χ0) is 29.4. The van der Waals surface area contributed by atoms with Crippen LogP contribution in [-0.2, 0) is 11.2 Å². The molecule has 212 valence electrons. The quantitative estimate of drug-likeness (QED) is 0.190. The van der Waals surface area contributed by atoms with Gasteiger partial charge >= 0.3 is 6.36 Å². The van der Waals surface area contributed by atoms with Crippen LogP contribution in [0.4, 0.5) is 24.5 Å². The van der Waals surface area contributed by atoms with E-state index < -0.39 is 6.36 Å². The number of amidine groups is 2. The van der Waals surface area contributed by atoms with E-state index >= 15 is 0 Å². The number of para-hydroxylation sites is 1. The molecule has 4 rings (SSSR count). The summed E-state index contributed by atoms with van der Waals surface area (Å²) in [6.45, 7) is 4.04. The van der Waals surface area contributed by atoms with E-state index in [0.29, 0.717) is 28.6 Å². The third kappa shape index (κ3) is 8.04. The van der Waals surface area contributed by atoms with Crippen molar-refractivity contribution < 1.29 is 22.7 Å². The van der Waals surface area contributed by atoms with Crippen molar-refractivity contribution in [3.8, 4) is 5.75 Å². The molecule has 1 amide bonds. The van der Waals surface area contributed by atoms with Crippen molar-refractivity contribution in [3.63, 3.8) is 0 Å². The fraction of sp³-hybridized carbons (Fsp3) is 0.207. The number of carbonyl (C=O) groups excluding carboxylic acids is 1. The van der Waals surface area contributed by atoms with Crippen molar-refractivity contribution in [2.24, 2.45) is 25.9 Å². The van der Waals surface area contributed by atoms with E-state index in [2.05, 4.69) is 31.8 Å². The summed E-state index contributed by atoms with van der Waals surface area (Å²) in [6.07, 6.45) is -0.721. The van der Waals surface area contributed by atoms with Crippen LogP contribution in [0.1, 0.15) is 35.6 Å². The number of thioether (sulfide) groups is 1. The van der Waals surface area contributed by atoms with Crippen molar-refractivity contribution in [1.82, 2.24) is 0 Å². The lowest BCUT2D eigenvalue weighted by Gasteiger charge is -2.30. The maximum atomic E-state index is 12.9. The molecule has 1 heterocycles. The number of anilines is 1. The molecule has 41 heavy (non-hydrogen) atoms. The predicted octanol–water partition coefficient (Wildman–Crippen LogP) is 6.38. The Kier molecular flexibility index (Phi) is 9.56. The Hall–Kier alpha value is -4.45. The van der Waals surface area contributed by atoms with Gasteiger partial charge in [0.05, 0.1) is 17.6 Å². The summed E-state index contributed by atoms with van der Waals surface area (Å²) in [5.74, 6) is 0.504. The third-order valence-corrected chi connectivity index (χ3v) is 6.87. The number of benzene rings is 3. The number of amides is 1. The van der Waals surface area contributed by atoms with Gasteiger partial charge in [-0.1, -0.05) is 61.2 Å². The number of nitrogens with zero attached hydrogens (tertiary/aromatic N) is 5. The van der Waals surface area contributed by atoms with Gasteiger partial charge in [0.25, 0.3) is 0 Å². The molecule has 0 unspecified atom stereocenters. The lowest BCUT2D eigenvalue weighted by Crippen LogP contribution is -2.40. The number of halogens is 3. The molecule has 3 aromatic carbocycles. The maximum Gasteiger partial charge on any atom is 0.573 e. The number of aryl methyl sites for hydroxylation is 2. The zero-order valence-electron chi connectivity index (χ0n) is 22.3. The maximum absolute atomic E-state index is 12.9. The summed E-state index contributed by atoms with van der Waals surface area (Å²) >= 11 is 1.49. The van der Waals surface area contributed by atoms with Crippen molar-refractivity contribution >= 4 is 52.6 Å². The van der Waals surface area contributed by atoms with Crippen molar-refractivity contribution in [1.29, 1.82) is 0 Å². The SMILES string of the molecule is CCc1cccc(C)c1N1C(=O)CCS/C1=N/N=C\c1ccc(C(N)=NC=Nc2ccc(OC(F)(F)F)cc2)cc1. The lowest BCUT2D eigenvalue weighted by molar-refractivity contribution is -0.274. The first-order valence-electron chi connectivity index (χ1n) is 12.6. The van der Waals surface area contributed by atoms with Gasteiger partial charge in [0, 0.05) is 17.7 Å². The first-order chi connectivity index (χ1) is 19.6. The minimum Gasteiger partial charge on any atom is -0.406 e. The van der Waals surface area contributed by atoms with Crippen LogP contribution in [0, 0.1) is 6.92 Å². The van der Waals surface area contributed by atoms with Gasteiger partial charge in [-0.2, -0.15) is 5.10 Å². The highest BCUT2D eigenvalue weighted by Gasteiger charge is 2.31. The molecular formula is C29H27F3N6O2S. The second-order valence-corrected chi connectivity index (χ2v) is 9.88. The van der Waals surface area contributed by atoms with Crippen LogP contribution in [0.2, 0.25) is 0 Å². The van der Waals surface area contributed by atoms with Crippen LogP contribution in [0.25, 0.3) is 0 Å². The molecular weight excluding hydrogens is 553 g/mol. The van der Waals surface area contributed by atoms with E-state index in [1.54, 1.807) is 35.4 Å². The summed E-state index contributed by atoms with van der Waals surface area (Å²) < 4.78 is 40.6. The fourth-order valence-electron chi connectivity index (χ4n) is 3.98. The summed E-state index contributed by atoms with van der Waals surface area (Å²) in [7, 11) is 0. The molecule has 0 atom stereocenters. The van der Waals surface area contributed by atoms with Crippen LogP contribution < -0.4 is 15.4 Å². The molecule has 1 aliphatic heterocycles. The molecule has 0 bridgehead atoms. The number of alkyl halides is 3. The van der Waals surface area contributed by atoms with Crippen LogP contribution in [0.5, 0.6) is 5.75 Å². The minimum absolute atomic E-state index is 0.00293. The number of hydrogen-bond acceptors (Lipinski definition) is 6. The summed E-state index contributed by atoms with van der Waals surface area (Å²) in [6, 6.07) is 18.2. The van der Waals surface area contributed by atoms with E-state index in [9.17, 15) is 18.0 Å². The van der Waals surface area contributed by atoms with E-state index in [1.165, 1.54) is 30.2 Å². The molecule has 2 N–H and O–H groups in total. The van der Waals surface area contributed by atoms with Crippen molar-refractivity contribution in [2.75, 3.05) is 10.7 Å². The number of rotatable bonds is 8. The molecule has 12 heteroatoms. The van der Waals surface area contributed by atoms with Crippen LogP contribution in [0.3, 0.4) is 0 Å². The van der Waals surface area contributed by atoms with Gasteiger partial charge < -0.3 is 10.5 Å². The monoisotopic (exact) mass is 580 g/mol. The molecule has 3 aromatic rings. The Bertz CT molecular complexity index is 1500. The molecule has 1 saturated heterocycles. The normalized spacial score (nSPS) is 15.8. The molecule has 0 aliphatic carbocycles. The average molecular weight is 581 g/mol. The van der Waals surface area contributed by atoms with E-state index in [-0.39, 0.29) is 17.5 Å². The van der Waals surface area contributed by atoms with Crippen LogP contribution in [-0.4, -0.2) is 41.6 Å². The Balaban J connectivity index is 1.42. The molecule has 1 fully saturated rings. The first-order valence-corrected chi connectivity index (χ1v) is 13.6. The molecule has 0 aromatic heterocycles. The highest BCUT2D eigenvalue weighted by Crippen LogP contribution is 2.32. The molecule has 0 spiro atoms. The topological polar surface area (TPSA) is 105 Å². The number of hydrogen-bond donors (Lipinski definition) is 1. The summed E-state index contributed by atoms with van der Waals surface area (Å²) in [5, 5.41) is 9.15. The number of nitrogens with two attached hydrogens (primary N) is 1. The van der Waals surface area contributed by atoms with Gasteiger partial charge in [-0.3, -0.25) is 9.69 Å². The van der Waals surface area contributed by atoms with Gasteiger partial charge in [0.1, 0.15) is 17.9 Å². The lowest BCUT2D eigenvalue weighted by atomic mass is 10.0. The third-order valence-electron chi connectivity index (χ3n) is 5.94. The van der Waals surface area contributed by atoms with Crippen molar-refractivity contribution in [3.05, 3.63) is 89.0 Å². The highest BCUT2D eigenvalue weighted by molar-refractivity contribution is 8.14. The van der Waals surface area contributed by atoms with Gasteiger partial charge in [-0.05, 0) is 54.3 Å². The zero-order valence-corrected chi connectivity index (χ0v) is 23.1. The largest absolute Gasteiger partial charge is 0.573 e. The van der Waals surface area contributed by atoms with E-state index in [4.69, 9.17) is 5.73 Å². The standard InChI is InChI=1S/C29H27F3N6O2S/c1-3-21-6-4-5-19(2)26(21)38-25(39)15-16-41-28(38)37-36-17-20-7-9-22(10-8-20)27(33)35-18-34-23-11-13-24(14-12-23)40-29(30,31)32/h4-14,17-18H,3,15-16H2,1-2H3,(H2,33,34,35)/b36-17-,37-28+. The second-order valence-electron chi connectivity index (χ2n) is 8.81. The minimum atomic E-state index is -4.75. The Morgan fingerprint density at radius 3 is 2.51 bits per heavy atom. The smallest absolute Gasteiger partial charge is 0.406 e. The highest BCUT2D eigenvalue weighted by atomic mass is 32.2. The van der Waals surface area contributed by atoms with Gasteiger partial charge in [-0.15, -0.1) is 18.3 Å². The molecule has 0 radical (unpaired) electrons. The van der Waals surface area contributed by atoms with Gasteiger partial charge in [0.2, 0.25) is 5.91 Å². The van der Waals surface area contributed by atoms with Crippen LogP contribution in [0.15, 0.2) is 86.9 Å². The fourth-order valence-corrected chi connectivity index (χ4v) is 4.87. The second kappa shape index (κ2) is 13.3. The van der Waals surface area contributed by atoms with E-state index in [1.807, 2.05) is 25.1 Å². The molecule has 8 nitrogen and oxygen atoms in total. The summed E-state index contributed by atoms with van der Waals surface area (Å²) in [5.41, 5.74) is 10.8. The Labute approximate surface area is 239 Å². The number of aliphatic imine (C=N–C) groups is 2. The Morgan fingerprint density at radius 1 is 1.10 bits per heavy atom. The first kappa shape index (κ1) is 29.5. The number of carbonyl (C=O) groups is 1. The van der Waals surface area contributed by atoms with E-state index in [0.717, 1.165) is 40.9 Å². The van der Waals surface area contributed by atoms with Crippen molar-refractivity contribution in [2.45, 2.75) is 33.1 Å². The summed E-state index contributed by atoms with van der Waals surface area (Å²) in [4.78, 5) is 22.7. The predicted molar refractivity (Wildman–Crippen MR) is 159 cm³/mol. The Morgan fingerprint density at radius 2 is 1.83 bits per heavy atom.